The van der Waals surface area contributed by atoms with Gasteiger partial charge in [-0.2, -0.15) is 18.4 Å². The predicted octanol–water partition coefficient (Wildman–Crippen LogP) is 5.87. The van der Waals surface area contributed by atoms with Crippen LogP contribution in [0.3, 0.4) is 0 Å². The second-order valence-corrected chi connectivity index (χ2v) is 11.4. The number of H-pyrrole nitrogens is 1. The largest absolute Gasteiger partial charge is 0.393 e. The van der Waals surface area contributed by atoms with Crippen molar-refractivity contribution in [2.45, 2.75) is 39.3 Å². The average molecular weight is 527 g/mol. The van der Waals surface area contributed by atoms with Gasteiger partial charge in [-0.15, -0.1) is 11.3 Å². The van der Waals surface area contributed by atoms with Crippen molar-refractivity contribution in [1.82, 2.24) is 19.9 Å². The van der Waals surface area contributed by atoms with Gasteiger partial charge in [0.2, 0.25) is 0 Å². The molecule has 0 saturated carbocycles. The Balaban J connectivity index is 1.22. The van der Waals surface area contributed by atoms with Gasteiger partial charge in [-0.1, -0.05) is 12.7 Å². The monoisotopic (exact) mass is 526 g/mol. The number of nitriles is 1. The molecule has 2 aliphatic heterocycles. The quantitative estimate of drug-likeness (QED) is 0.407. The number of piperidine rings is 1. The molecule has 3 aromatic rings. The number of allylic oxidation sites excluding steroid dienone is 1. The lowest BCUT2D eigenvalue weighted by molar-refractivity contribution is -0.126. The second kappa shape index (κ2) is 9.62. The summed E-state index contributed by atoms with van der Waals surface area (Å²) in [6.45, 7) is 12.6. The molecule has 1 spiro atoms. The molecule has 0 amide bonds. The smallest absolute Gasteiger partial charge is 0.355 e. The SMILES string of the molecule is C=C/C(CN1CCC2(CC1)CN(c1ncnc3sc(CC(F)(F)F)cc13)C2)=C(/C)c1cc(C#N)[nH]c1C. The normalized spacial score (nSPS) is 18.5. The molecule has 0 aromatic carbocycles. The van der Waals surface area contributed by atoms with Crippen LogP contribution in [0.5, 0.6) is 0 Å². The van der Waals surface area contributed by atoms with Crippen LogP contribution in [0.1, 0.15) is 41.6 Å². The van der Waals surface area contributed by atoms with Crippen molar-refractivity contribution < 1.29 is 13.2 Å². The number of likely N-dealkylation sites (tertiary alicyclic amines) is 1. The summed E-state index contributed by atoms with van der Waals surface area (Å²) >= 11 is 1.09. The first-order valence-corrected chi connectivity index (χ1v) is 13.1. The van der Waals surface area contributed by atoms with E-state index in [1.807, 2.05) is 19.1 Å². The third kappa shape index (κ3) is 5.15. The lowest BCUT2D eigenvalue weighted by Crippen LogP contribution is -2.60. The number of nitrogens with one attached hydrogen (secondary N) is 1. The summed E-state index contributed by atoms with van der Waals surface area (Å²) in [6, 6.07) is 5.67. The van der Waals surface area contributed by atoms with Crippen LogP contribution >= 0.6 is 11.3 Å². The van der Waals surface area contributed by atoms with E-state index in [0.717, 1.165) is 90.5 Å². The molecule has 10 heteroatoms. The van der Waals surface area contributed by atoms with E-state index in [4.69, 9.17) is 0 Å². The number of halogens is 3. The molecular formula is C27H29F3N6S. The number of alkyl halides is 3. The predicted molar refractivity (Wildman–Crippen MR) is 141 cm³/mol. The summed E-state index contributed by atoms with van der Waals surface area (Å²) in [4.78, 5) is 17.3. The molecule has 0 atom stereocenters. The topological polar surface area (TPSA) is 71.8 Å². The van der Waals surface area contributed by atoms with Gasteiger partial charge in [0.15, 0.2) is 0 Å². The average Bonchev–Trinajstić information content (AvgIpc) is 3.42. The van der Waals surface area contributed by atoms with Gasteiger partial charge in [0.05, 0.1) is 11.8 Å². The summed E-state index contributed by atoms with van der Waals surface area (Å²) in [7, 11) is 0. The van der Waals surface area contributed by atoms with Crippen LogP contribution in [0, 0.1) is 23.7 Å². The standard InChI is InChI=1S/C27H29F3N6S/c1-4-19(17(2)22-9-20(12-31)34-18(22)3)13-35-7-5-26(6-8-35)14-36(15-26)24-23-10-21(11-27(28,29)30)37-25(23)33-16-32-24/h4,9-10,16,34H,1,5-8,11,13-15H2,2-3H3/b19-17+. The summed E-state index contributed by atoms with van der Waals surface area (Å²) in [5.41, 5.74) is 5.10. The molecule has 3 aromatic heterocycles. The zero-order valence-corrected chi connectivity index (χ0v) is 21.8. The Morgan fingerprint density at radius 2 is 2.00 bits per heavy atom. The summed E-state index contributed by atoms with van der Waals surface area (Å²) in [5.74, 6) is 0.744. The molecule has 6 nitrogen and oxygen atoms in total. The fourth-order valence-corrected chi connectivity index (χ4v) is 6.62. The second-order valence-electron chi connectivity index (χ2n) is 10.2. The molecule has 2 fully saturated rings. The van der Waals surface area contributed by atoms with E-state index < -0.39 is 12.6 Å². The maximum atomic E-state index is 12.9. The Morgan fingerprint density at radius 1 is 1.27 bits per heavy atom. The van der Waals surface area contributed by atoms with E-state index in [0.29, 0.717) is 10.5 Å². The molecule has 5 heterocycles. The third-order valence-corrected chi connectivity index (χ3v) is 8.71. The maximum absolute atomic E-state index is 12.9. The minimum absolute atomic E-state index is 0.213. The number of aromatic amines is 1. The van der Waals surface area contributed by atoms with E-state index >= 15 is 0 Å². The highest BCUT2D eigenvalue weighted by atomic mass is 32.1. The molecule has 0 radical (unpaired) electrons. The first-order valence-electron chi connectivity index (χ1n) is 12.3. The zero-order chi connectivity index (χ0) is 26.4. The fraction of sp³-hybridized carbons (Fsp3) is 0.444. The van der Waals surface area contributed by atoms with Crippen molar-refractivity contribution in [1.29, 1.82) is 5.26 Å². The number of fused-ring (bicyclic) bond motifs is 1. The van der Waals surface area contributed by atoms with Crippen LogP contribution in [-0.4, -0.2) is 58.8 Å². The maximum Gasteiger partial charge on any atom is 0.393 e. The third-order valence-electron chi connectivity index (χ3n) is 7.66. The molecule has 0 bridgehead atoms. The first-order chi connectivity index (χ1) is 17.6. The Kier molecular flexibility index (Phi) is 6.62. The van der Waals surface area contributed by atoms with Crippen molar-refractivity contribution in [3.8, 4) is 6.07 Å². The molecule has 194 valence electrons. The minimum Gasteiger partial charge on any atom is -0.355 e. The summed E-state index contributed by atoms with van der Waals surface area (Å²) in [5, 5.41) is 9.92. The Bertz CT molecular complexity index is 1390. The first kappa shape index (κ1) is 25.5. The highest BCUT2D eigenvalue weighted by Gasteiger charge is 2.45. The Hall–Kier alpha value is -3.16. The Morgan fingerprint density at radius 3 is 2.62 bits per heavy atom. The summed E-state index contributed by atoms with van der Waals surface area (Å²) < 4.78 is 38.6. The van der Waals surface area contributed by atoms with Gasteiger partial charge in [-0.3, -0.25) is 4.90 Å². The number of aromatic nitrogens is 3. The van der Waals surface area contributed by atoms with Gasteiger partial charge in [-0.25, -0.2) is 9.97 Å². The number of rotatable bonds is 6. The number of aryl methyl sites for hydroxylation is 1. The lowest BCUT2D eigenvalue weighted by Gasteiger charge is -2.54. The zero-order valence-electron chi connectivity index (χ0n) is 21.0. The van der Waals surface area contributed by atoms with E-state index in [2.05, 4.69) is 44.3 Å². The Labute approximate surface area is 218 Å². The van der Waals surface area contributed by atoms with Crippen molar-refractivity contribution in [3.63, 3.8) is 0 Å². The molecule has 1 N–H and O–H groups in total. The van der Waals surface area contributed by atoms with Gasteiger partial charge in [-0.05, 0) is 68.6 Å². The summed E-state index contributed by atoms with van der Waals surface area (Å²) in [6.07, 6.45) is 0.325. The van der Waals surface area contributed by atoms with Gasteiger partial charge < -0.3 is 9.88 Å². The van der Waals surface area contributed by atoms with Crippen LogP contribution in [0.4, 0.5) is 19.0 Å². The van der Waals surface area contributed by atoms with Crippen LogP contribution in [0.15, 0.2) is 36.7 Å². The number of anilines is 1. The lowest BCUT2D eigenvalue weighted by atomic mass is 9.72. The van der Waals surface area contributed by atoms with E-state index in [1.165, 1.54) is 6.33 Å². The highest BCUT2D eigenvalue weighted by Crippen LogP contribution is 2.44. The van der Waals surface area contributed by atoms with Crippen molar-refractivity contribution >= 4 is 32.9 Å². The van der Waals surface area contributed by atoms with Gasteiger partial charge >= 0.3 is 6.18 Å². The fourth-order valence-electron chi connectivity index (χ4n) is 5.60. The van der Waals surface area contributed by atoms with Crippen LogP contribution in [0.25, 0.3) is 15.8 Å². The van der Waals surface area contributed by atoms with E-state index in [9.17, 15) is 18.4 Å². The van der Waals surface area contributed by atoms with Crippen molar-refractivity contribution in [2.75, 3.05) is 37.6 Å². The minimum atomic E-state index is -4.23. The van der Waals surface area contributed by atoms with Crippen molar-refractivity contribution in [3.05, 3.63) is 58.5 Å². The molecule has 37 heavy (non-hydrogen) atoms. The van der Waals surface area contributed by atoms with Gasteiger partial charge in [0, 0.05) is 35.6 Å². The molecular weight excluding hydrogens is 497 g/mol. The number of hydrogen-bond donors (Lipinski definition) is 1. The number of thiophene rings is 1. The molecule has 5 rings (SSSR count). The van der Waals surface area contributed by atoms with Gasteiger partial charge in [0.1, 0.15) is 28.7 Å². The van der Waals surface area contributed by atoms with Crippen LogP contribution in [0.2, 0.25) is 0 Å². The molecule has 2 aliphatic rings. The molecule has 2 saturated heterocycles. The van der Waals surface area contributed by atoms with Crippen molar-refractivity contribution in [2.24, 2.45) is 5.41 Å². The van der Waals surface area contributed by atoms with Gasteiger partial charge in [0.25, 0.3) is 0 Å². The number of hydrogen-bond acceptors (Lipinski definition) is 6. The van der Waals surface area contributed by atoms with E-state index in [-0.39, 0.29) is 10.3 Å². The highest BCUT2D eigenvalue weighted by molar-refractivity contribution is 7.18. The number of nitrogens with zero attached hydrogens (tertiary/aromatic N) is 5. The van der Waals surface area contributed by atoms with Crippen LogP contribution in [-0.2, 0) is 6.42 Å². The van der Waals surface area contributed by atoms with E-state index in [1.54, 1.807) is 6.07 Å². The molecule has 0 unspecified atom stereocenters. The molecule has 0 aliphatic carbocycles. The van der Waals surface area contributed by atoms with Crippen LogP contribution < -0.4 is 4.90 Å².